The number of benzene rings is 2. The van der Waals surface area contributed by atoms with E-state index in [1.165, 1.54) is 17.7 Å². The van der Waals surface area contributed by atoms with Gasteiger partial charge in [-0.2, -0.15) is 0 Å². The molecule has 0 aliphatic rings. The molecule has 2 aromatic carbocycles. The molecular weight excluding hydrogens is 458 g/mol. The van der Waals surface area contributed by atoms with Crippen molar-refractivity contribution in [1.82, 2.24) is 4.57 Å². The molecule has 0 N–H and O–H groups in total. The first-order chi connectivity index (χ1) is 16.2. The largest absolute Gasteiger partial charge is 0.493 e. The Hall–Kier alpha value is -3.45. The average molecular weight is 486 g/mol. The van der Waals surface area contributed by atoms with Gasteiger partial charge in [0.05, 0.1) is 12.8 Å². The van der Waals surface area contributed by atoms with Crippen LogP contribution in [0, 0.1) is 0 Å². The van der Waals surface area contributed by atoms with E-state index in [2.05, 4.69) is 0 Å². The highest BCUT2D eigenvalue weighted by Gasteiger charge is 2.24. The van der Waals surface area contributed by atoms with Gasteiger partial charge in [-0.3, -0.25) is 14.2 Å². The maximum absolute atomic E-state index is 12.7. The highest BCUT2D eigenvalue weighted by Crippen LogP contribution is 2.30. The van der Waals surface area contributed by atoms with Crippen LogP contribution in [-0.2, 0) is 16.1 Å². The Bertz CT molecular complexity index is 1190. The van der Waals surface area contributed by atoms with Crippen molar-refractivity contribution in [2.75, 3.05) is 13.7 Å². The summed E-state index contributed by atoms with van der Waals surface area (Å²) in [6.07, 6.45) is 1.98. The van der Waals surface area contributed by atoms with E-state index in [-0.39, 0.29) is 24.7 Å². The Morgan fingerprint density at radius 1 is 1.00 bits per heavy atom. The van der Waals surface area contributed by atoms with Crippen molar-refractivity contribution >= 4 is 17.6 Å². The van der Waals surface area contributed by atoms with E-state index < -0.39 is 5.60 Å². The molecule has 0 atom stereocenters. The maximum Gasteiger partial charge on any atom is 0.306 e. The van der Waals surface area contributed by atoms with Crippen molar-refractivity contribution in [3.05, 3.63) is 81.7 Å². The quantitative estimate of drug-likeness (QED) is 0.368. The molecule has 34 heavy (non-hydrogen) atoms. The van der Waals surface area contributed by atoms with Gasteiger partial charge in [0.2, 0.25) is 0 Å². The third kappa shape index (κ3) is 6.78. The minimum absolute atomic E-state index is 0.150. The second-order valence-electron chi connectivity index (χ2n) is 8.20. The van der Waals surface area contributed by atoms with E-state index in [0.717, 1.165) is 5.56 Å². The van der Waals surface area contributed by atoms with Crippen LogP contribution in [0.2, 0.25) is 5.02 Å². The van der Waals surface area contributed by atoms with Gasteiger partial charge in [-0.25, -0.2) is 0 Å². The summed E-state index contributed by atoms with van der Waals surface area (Å²) in [4.78, 5) is 24.3. The summed E-state index contributed by atoms with van der Waals surface area (Å²) in [5, 5.41) is 0.630. The summed E-state index contributed by atoms with van der Waals surface area (Å²) in [7, 11) is 1.52. The highest BCUT2D eigenvalue weighted by atomic mass is 35.5. The Kier molecular flexibility index (Phi) is 8.23. The SMILES string of the molecule is CCC(=O)OC(C)(C)COc1ccc(-n2ccc(COc3ccc(Cl)cc3)cc2=O)cc1OC. The second-order valence-corrected chi connectivity index (χ2v) is 8.63. The van der Waals surface area contributed by atoms with Gasteiger partial charge in [0.25, 0.3) is 5.56 Å². The summed E-state index contributed by atoms with van der Waals surface area (Å²) in [5.41, 5.74) is 0.362. The van der Waals surface area contributed by atoms with Crippen molar-refractivity contribution in [1.29, 1.82) is 0 Å². The number of rotatable bonds is 10. The molecule has 0 saturated carbocycles. The van der Waals surface area contributed by atoms with Gasteiger partial charge >= 0.3 is 5.97 Å². The smallest absolute Gasteiger partial charge is 0.306 e. The number of hydrogen-bond acceptors (Lipinski definition) is 6. The van der Waals surface area contributed by atoms with Gasteiger partial charge in [-0.1, -0.05) is 18.5 Å². The lowest BCUT2D eigenvalue weighted by atomic mass is 10.1. The van der Waals surface area contributed by atoms with Gasteiger partial charge in [-0.15, -0.1) is 0 Å². The van der Waals surface area contributed by atoms with Crippen LogP contribution in [0.25, 0.3) is 5.69 Å². The fourth-order valence-corrected chi connectivity index (χ4v) is 3.23. The molecule has 3 aromatic rings. The predicted molar refractivity (Wildman–Crippen MR) is 130 cm³/mol. The Morgan fingerprint density at radius 2 is 1.74 bits per heavy atom. The molecule has 0 amide bonds. The van der Waals surface area contributed by atoms with Crippen LogP contribution >= 0.6 is 11.6 Å². The molecule has 0 fully saturated rings. The van der Waals surface area contributed by atoms with Crippen LogP contribution in [0.5, 0.6) is 17.2 Å². The zero-order valence-electron chi connectivity index (χ0n) is 19.7. The molecule has 3 rings (SSSR count). The van der Waals surface area contributed by atoms with Crippen molar-refractivity contribution in [2.45, 2.75) is 39.4 Å². The Balaban J connectivity index is 1.71. The van der Waals surface area contributed by atoms with Crippen LogP contribution in [-0.4, -0.2) is 29.9 Å². The number of nitrogens with zero attached hydrogens (tertiary/aromatic N) is 1. The Labute approximate surface area is 203 Å². The topological polar surface area (TPSA) is 76.0 Å². The molecule has 1 heterocycles. The molecule has 0 aliphatic carbocycles. The van der Waals surface area contributed by atoms with Crippen LogP contribution in [0.1, 0.15) is 32.8 Å². The summed E-state index contributed by atoms with van der Waals surface area (Å²) < 4.78 is 23.9. The number of hydrogen-bond donors (Lipinski definition) is 0. The lowest BCUT2D eigenvalue weighted by Gasteiger charge is -2.25. The predicted octanol–water partition coefficient (Wildman–Crippen LogP) is 5.19. The number of carbonyl (C=O) groups excluding carboxylic acids is 1. The van der Waals surface area contributed by atoms with Crippen molar-refractivity contribution in [3.8, 4) is 22.9 Å². The molecule has 8 heteroatoms. The minimum Gasteiger partial charge on any atom is -0.493 e. The molecular formula is C26H28ClNO6. The van der Waals surface area contributed by atoms with Gasteiger partial charge in [0.15, 0.2) is 11.5 Å². The first kappa shape index (κ1) is 25.2. The minimum atomic E-state index is -0.794. The van der Waals surface area contributed by atoms with E-state index >= 15 is 0 Å². The maximum atomic E-state index is 12.7. The van der Waals surface area contributed by atoms with Crippen LogP contribution in [0.15, 0.2) is 65.6 Å². The number of aromatic nitrogens is 1. The molecule has 0 saturated heterocycles. The third-order valence-corrected chi connectivity index (χ3v) is 5.13. The van der Waals surface area contributed by atoms with Crippen molar-refractivity contribution in [3.63, 3.8) is 0 Å². The number of esters is 1. The van der Waals surface area contributed by atoms with Crippen LogP contribution < -0.4 is 19.8 Å². The molecule has 0 spiro atoms. The van der Waals surface area contributed by atoms with Gasteiger partial charge in [0.1, 0.15) is 24.6 Å². The Morgan fingerprint density at radius 3 is 2.38 bits per heavy atom. The first-order valence-electron chi connectivity index (χ1n) is 10.8. The van der Waals surface area contributed by atoms with E-state index in [9.17, 15) is 9.59 Å². The van der Waals surface area contributed by atoms with Gasteiger partial charge in [0, 0.05) is 29.8 Å². The van der Waals surface area contributed by atoms with Gasteiger partial charge in [-0.05, 0) is 61.9 Å². The molecule has 0 aliphatic heterocycles. The average Bonchev–Trinajstić information content (AvgIpc) is 2.82. The van der Waals surface area contributed by atoms with Crippen molar-refractivity contribution < 1.29 is 23.7 Å². The molecule has 180 valence electrons. The number of pyridine rings is 1. The van der Waals surface area contributed by atoms with E-state index in [1.807, 2.05) is 6.07 Å². The zero-order chi connectivity index (χ0) is 24.7. The lowest BCUT2D eigenvalue weighted by Crippen LogP contribution is -2.34. The number of ether oxygens (including phenoxy) is 4. The number of carbonyl (C=O) groups is 1. The van der Waals surface area contributed by atoms with Crippen molar-refractivity contribution in [2.24, 2.45) is 0 Å². The molecule has 1 aromatic heterocycles. The highest BCUT2D eigenvalue weighted by molar-refractivity contribution is 6.30. The second kappa shape index (κ2) is 11.1. The van der Waals surface area contributed by atoms with E-state index in [0.29, 0.717) is 34.4 Å². The summed E-state index contributed by atoms with van der Waals surface area (Å²) >= 11 is 5.88. The fourth-order valence-electron chi connectivity index (χ4n) is 3.11. The monoisotopic (exact) mass is 485 g/mol. The zero-order valence-corrected chi connectivity index (χ0v) is 20.4. The van der Waals surface area contributed by atoms with Crippen LogP contribution in [0.4, 0.5) is 0 Å². The summed E-state index contributed by atoms with van der Waals surface area (Å²) in [5.74, 6) is 1.31. The number of halogens is 1. The molecule has 0 bridgehead atoms. The van der Waals surface area contributed by atoms with E-state index in [4.69, 9.17) is 30.5 Å². The molecule has 0 radical (unpaired) electrons. The number of methoxy groups -OCH3 is 1. The summed E-state index contributed by atoms with van der Waals surface area (Å²) in [6.45, 7) is 5.70. The lowest BCUT2D eigenvalue weighted by molar-refractivity contribution is -0.158. The summed E-state index contributed by atoms with van der Waals surface area (Å²) in [6, 6.07) is 15.6. The normalized spacial score (nSPS) is 11.1. The van der Waals surface area contributed by atoms with Gasteiger partial charge < -0.3 is 18.9 Å². The first-order valence-corrected chi connectivity index (χ1v) is 11.2. The molecule has 7 nitrogen and oxygen atoms in total. The van der Waals surface area contributed by atoms with Crippen LogP contribution in [0.3, 0.4) is 0 Å². The standard InChI is InChI=1S/C26H28ClNO6/c1-5-25(30)34-26(2,3)17-33-22-11-8-20(15-23(22)31-4)28-13-12-18(14-24(28)29)16-32-21-9-6-19(27)7-10-21/h6-15H,5,16-17H2,1-4H3. The third-order valence-electron chi connectivity index (χ3n) is 4.88. The molecule has 0 unspecified atom stereocenters. The fraction of sp³-hybridized carbons (Fsp3) is 0.308. The van der Waals surface area contributed by atoms with E-state index in [1.54, 1.807) is 69.4 Å².